The number of allylic oxidation sites excluding steroid dienone is 2. The van der Waals surface area contributed by atoms with E-state index in [1.165, 1.54) is 11.3 Å². The van der Waals surface area contributed by atoms with Gasteiger partial charge in [0.05, 0.1) is 11.0 Å². The number of hydrogen-bond donors (Lipinski definition) is 2. The molecule has 1 unspecified atom stereocenters. The molecule has 1 saturated heterocycles. The van der Waals surface area contributed by atoms with Crippen LogP contribution in [-0.4, -0.2) is 52.7 Å². The molecule has 1 amide bonds. The van der Waals surface area contributed by atoms with Crippen LogP contribution in [0.15, 0.2) is 84.8 Å². The van der Waals surface area contributed by atoms with Crippen molar-refractivity contribution in [1.82, 2.24) is 19.9 Å². The fourth-order valence-electron chi connectivity index (χ4n) is 4.57. The summed E-state index contributed by atoms with van der Waals surface area (Å²) in [4.78, 5) is 24.2. The number of ether oxygens (including phenoxy) is 1. The number of thiophene rings is 1. The first-order valence-corrected chi connectivity index (χ1v) is 13.7. The molecule has 0 radical (unpaired) electrons. The molecule has 39 heavy (non-hydrogen) atoms. The molecule has 3 aromatic heterocycles. The minimum absolute atomic E-state index is 0.309. The number of nitrogens with two attached hydrogens (primary N) is 1. The highest BCUT2D eigenvalue weighted by atomic mass is 35.5. The van der Waals surface area contributed by atoms with Crippen molar-refractivity contribution in [3.8, 4) is 21.9 Å². The van der Waals surface area contributed by atoms with Gasteiger partial charge in [-0.2, -0.15) is 0 Å². The Kier molecular flexibility index (Phi) is 7.83. The fourth-order valence-corrected chi connectivity index (χ4v) is 5.72. The highest BCUT2D eigenvalue weighted by Crippen LogP contribution is 2.36. The first-order valence-electron chi connectivity index (χ1n) is 12.5. The summed E-state index contributed by atoms with van der Waals surface area (Å²) in [5.41, 5.74) is 10.1. The number of pyridine rings is 1. The Morgan fingerprint density at radius 2 is 1.97 bits per heavy atom. The van der Waals surface area contributed by atoms with Gasteiger partial charge in [-0.25, -0.2) is 9.97 Å². The maximum Gasteiger partial charge on any atom is 0.262 e. The predicted octanol–water partition coefficient (Wildman–Crippen LogP) is 5.29. The van der Waals surface area contributed by atoms with Crippen LogP contribution in [0.25, 0.3) is 27.2 Å². The number of carbonyl (C=O) groups excluding carboxylic acids is 1. The Morgan fingerprint density at radius 1 is 1.21 bits per heavy atom. The predicted molar refractivity (Wildman–Crippen MR) is 159 cm³/mol. The summed E-state index contributed by atoms with van der Waals surface area (Å²) in [5, 5.41) is 4.45. The molecule has 0 aliphatic carbocycles. The second-order valence-corrected chi connectivity index (χ2v) is 10.6. The van der Waals surface area contributed by atoms with Gasteiger partial charge >= 0.3 is 0 Å². The SMILES string of the molecule is C=C/C=C(\C(=C)Cl)C(C)Oc1cc(-n2cnc3cc(-c4ccc(N5CCNCC5)nc4)ccc32)sc1C(N)=O. The lowest BCUT2D eigenvalue weighted by Crippen LogP contribution is -2.43. The molecule has 1 fully saturated rings. The van der Waals surface area contributed by atoms with Crippen LogP contribution in [0.2, 0.25) is 0 Å². The van der Waals surface area contributed by atoms with Gasteiger partial charge in [-0.15, -0.1) is 11.3 Å². The lowest BCUT2D eigenvalue weighted by molar-refractivity contribution is 0.0999. The molecule has 1 aromatic carbocycles. The van der Waals surface area contributed by atoms with Crippen molar-refractivity contribution >= 4 is 45.7 Å². The number of amides is 1. The lowest BCUT2D eigenvalue weighted by atomic mass is 10.1. The standard InChI is InChI=1S/C29H29ClN6O2S/c1-4-5-22(18(2)30)19(3)38-25-15-27(39-28(25)29(31)37)36-17-34-23-14-20(6-8-24(23)36)21-7-9-26(33-16-21)35-12-10-32-11-13-35/h4-9,14-17,19,32H,1-2,10-13H2,3H3,(H2,31,37)/b22-5+. The van der Waals surface area contributed by atoms with Gasteiger partial charge in [0.25, 0.3) is 5.91 Å². The number of halogens is 1. The van der Waals surface area contributed by atoms with Crippen molar-refractivity contribution in [3.63, 3.8) is 0 Å². The zero-order valence-electron chi connectivity index (χ0n) is 21.6. The van der Waals surface area contributed by atoms with Gasteiger partial charge in [-0.3, -0.25) is 9.36 Å². The normalized spacial score (nSPS) is 14.8. The number of anilines is 1. The summed E-state index contributed by atoms with van der Waals surface area (Å²) < 4.78 is 8.02. The average Bonchev–Trinajstić information content (AvgIpc) is 3.56. The first kappa shape index (κ1) is 26.7. The first-order chi connectivity index (χ1) is 18.9. The maximum atomic E-state index is 12.2. The van der Waals surface area contributed by atoms with E-state index in [2.05, 4.69) is 40.5 Å². The van der Waals surface area contributed by atoms with E-state index < -0.39 is 12.0 Å². The molecule has 5 rings (SSSR count). The average molecular weight is 561 g/mol. The lowest BCUT2D eigenvalue weighted by Gasteiger charge is -2.28. The van der Waals surface area contributed by atoms with Gasteiger partial charge in [0.15, 0.2) is 0 Å². The number of rotatable bonds is 9. The van der Waals surface area contributed by atoms with Crippen molar-refractivity contribution in [2.75, 3.05) is 31.1 Å². The number of nitrogens with one attached hydrogen (secondary N) is 1. The third-order valence-electron chi connectivity index (χ3n) is 6.57. The Bertz CT molecular complexity index is 1570. The van der Waals surface area contributed by atoms with E-state index in [4.69, 9.17) is 27.1 Å². The van der Waals surface area contributed by atoms with Crippen LogP contribution in [0.3, 0.4) is 0 Å². The second kappa shape index (κ2) is 11.4. The molecule has 1 atom stereocenters. The summed E-state index contributed by atoms with van der Waals surface area (Å²) in [7, 11) is 0. The van der Waals surface area contributed by atoms with Crippen LogP contribution in [0.4, 0.5) is 5.82 Å². The summed E-state index contributed by atoms with van der Waals surface area (Å²) in [6, 6.07) is 12.0. The van der Waals surface area contributed by atoms with Crippen molar-refractivity contribution in [2.45, 2.75) is 13.0 Å². The number of piperazine rings is 1. The highest BCUT2D eigenvalue weighted by Gasteiger charge is 2.21. The summed E-state index contributed by atoms with van der Waals surface area (Å²) in [6.45, 7) is 13.2. The quantitative estimate of drug-likeness (QED) is 0.270. The largest absolute Gasteiger partial charge is 0.484 e. The monoisotopic (exact) mass is 560 g/mol. The topological polar surface area (TPSA) is 98.3 Å². The highest BCUT2D eigenvalue weighted by molar-refractivity contribution is 7.16. The third kappa shape index (κ3) is 5.61. The van der Waals surface area contributed by atoms with Crippen molar-refractivity contribution in [2.24, 2.45) is 5.73 Å². The van der Waals surface area contributed by atoms with Crippen LogP contribution in [0.5, 0.6) is 5.75 Å². The molecule has 3 N–H and O–H groups in total. The minimum atomic E-state index is -0.573. The minimum Gasteiger partial charge on any atom is -0.484 e. The zero-order chi connectivity index (χ0) is 27.5. The number of aromatic nitrogens is 3. The smallest absolute Gasteiger partial charge is 0.262 e. The Hall–Kier alpha value is -3.92. The van der Waals surface area contributed by atoms with Crippen LogP contribution in [0.1, 0.15) is 16.6 Å². The van der Waals surface area contributed by atoms with Gasteiger partial charge in [-0.1, -0.05) is 43.0 Å². The molecule has 4 aromatic rings. The number of primary amides is 1. The molecule has 0 spiro atoms. The molecule has 0 saturated carbocycles. The second-order valence-electron chi connectivity index (χ2n) is 9.13. The van der Waals surface area contributed by atoms with Gasteiger partial charge < -0.3 is 20.7 Å². The molecule has 8 nitrogen and oxygen atoms in total. The van der Waals surface area contributed by atoms with Crippen LogP contribution < -0.4 is 20.7 Å². The molecule has 200 valence electrons. The van der Waals surface area contributed by atoms with Crippen LogP contribution in [-0.2, 0) is 0 Å². The summed E-state index contributed by atoms with van der Waals surface area (Å²) in [5.74, 6) is 0.788. The van der Waals surface area contributed by atoms with E-state index in [1.54, 1.807) is 24.5 Å². The molecule has 0 bridgehead atoms. The van der Waals surface area contributed by atoms with Crippen LogP contribution in [0, 0.1) is 0 Å². The summed E-state index contributed by atoms with van der Waals surface area (Å²) >= 11 is 7.38. The number of fused-ring (bicyclic) bond motifs is 1. The number of benzene rings is 1. The van der Waals surface area contributed by atoms with E-state index in [0.717, 1.165) is 59.2 Å². The zero-order valence-corrected chi connectivity index (χ0v) is 23.1. The van der Waals surface area contributed by atoms with Gasteiger partial charge in [0, 0.05) is 54.6 Å². The molecule has 10 heteroatoms. The van der Waals surface area contributed by atoms with E-state index >= 15 is 0 Å². The number of hydrogen-bond acceptors (Lipinski definition) is 7. The van der Waals surface area contributed by atoms with Crippen molar-refractivity contribution < 1.29 is 9.53 Å². The third-order valence-corrected chi connectivity index (χ3v) is 7.92. The molecule has 1 aliphatic rings. The summed E-state index contributed by atoms with van der Waals surface area (Å²) in [6.07, 6.45) is 6.50. The molecule has 1 aliphatic heterocycles. The van der Waals surface area contributed by atoms with E-state index in [9.17, 15) is 4.79 Å². The van der Waals surface area contributed by atoms with Crippen molar-refractivity contribution in [3.05, 3.63) is 89.7 Å². The molecule has 4 heterocycles. The number of carbonyl (C=O) groups is 1. The van der Waals surface area contributed by atoms with Gasteiger partial charge in [-0.05, 0) is 36.8 Å². The Morgan fingerprint density at radius 3 is 2.64 bits per heavy atom. The fraction of sp³-hybridized carbons (Fsp3) is 0.207. The Balaban J connectivity index is 1.42. The maximum absolute atomic E-state index is 12.2. The van der Waals surface area contributed by atoms with Gasteiger partial charge in [0.2, 0.25) is 0 Å². The van der Waals surface area contributed by atoms with Crippen LogP contribution >= 0.6 is 22.9 Å². The number of nitrogens with zero attached hydrogens (tertiary/aromatic N) is 4. The Labute approximate surface area is 236 Å². The van der Waals surface area contributed by atoms with E-state index in [0.29, 0.717) is 21.2 Å². The molecular formula is C29H29ClN6O2S. The van der Waals surface area contributed by atoms with E-state index in [-0.39, 0.29) is 0 Å². The van der Waals surface area contributed by atoms with Crippen molar-refractivity contribution in [1.29, 1.82) is 0 Å². The molecular weight excluding hydrogens is 532 g/mol. The van der Waals surface area contributed by atoms with E-state index in [1.807, 2.05) is 35.9 Å². The number of imidazole rings is 1. The van der Waals surface area contributed by atoms with Gasteiger partial charge in [0.1, 0.15) is 33.9 Å².